The second-order valence-electron chi connectivity index (χ2n) is 31.1. The fourth-order valence-corrected chi connectivity index (χ4v) is 18.7. The van der Waals surface area contributed by atoms with Crippen molar-refractivity contribution < 1.29 is 0 Å². The van der Waals surface area contributed by atoms with Gasteiger partial charge in [0.2, 0.25) is 0 Å². The maximum absolute atomic E-state index is 2.43. The Morgan fingerprint density at radius 2 is 0.275 bits per heavy atom. The second-order valence-corrected chi connectivity index (χ2v) is 31.1. The lowest BCUT2D eigenvalue weighted by Crippen LogP contribution is -1.99. The van der Waals surface area contributed by atoms with Crippen LogP contribution in [0.4, 0.5) is 0 Å². The highest BCUT2D eigenvalue weighted by molar-refractivity contribution is 6.35. The Bertz CT molecular complexity index is 7080. The molecule has 0 aliphatic heterocycles. The topological polar surface area (TPSA) is 0 Å². The average molecular weight is 1520 g/mol. The van der Waals surface area contributed by atoms with Crippen molar-refractivity contribution >= 4 is 64.6 Å². The minimum Gasteiger partial charge on any atom is -0.0622 e. The first-order valence-electron chi connectivity index (χ1n) is 41.5. The molecule has 22 rings (SSSR count). The number of hydrogen-bond acceptors (Lipinski definition) is 0. The minimum atomic E-state index is 1.18. The molecule has 0 fully saturated rings. The highest BCUT2D eigenvalue weighted by atomic mass is 14.3. The molecule has 0 N–H and O–H groups in total. The summed E-state index contributed by atoms with van der Waals surface area (Å²) in [7, 11) is 0. The van der Waals surface area contributed by atoms with Crippen LogP contribution < -0.4 is 0 Å². The quantitative estimate of drug-likeness (QED) is 0.0952. The van der Waals surface area contributed by atoms with Crippen LogP contribution >= 0.6 is 0 Å². The molecular formula is C120H80. The molecular weight excluding hydrogens is 1440 g/mol. The molecule has 0 aliphatic carbocycles. The molecule has 0 unspecified atom stereocenters. The summed E-state index contributed by atoms with van der Waals surface area (Å²) in [6, 6.07) is 178. The third kappa shape index (κ3) is 13.4. The van der Waals surface area contributed by atoms with Gasteiger partial charge in [0.05, 0.1) is 0 Å². The van der Waals surface area contributed by atoms with Crippen molar-refractivity contribution in [1.29, 1.82) is 0 Å². The fraction of sp³-hybridized carbons (Fsp3) is 0. The highest BCUT2D eigenvalue weighted by Crippen LogP contribution is 2.57. The summed E-state index contributed by atoms with van der Waals surface area (Å²) in [5, 5.41) is 14.8. The van der Waals surface area contributed by atoms with E-state index in [2.05, 4.69) is 485 Å². The lowest BCUT2D eigenvalue weighted by molar-refractivity contribution is 1.57. The molecule has 120 heavy (non-hydrogen) atoms. The maximum atomic E-state index is 2.43. The van der Waals surface area contributed by atoms with Gasteiger partial charge in [-0.2, -0.15) is 0 Å². The number of hydrogen-bond donors (Lipinski definition) is 0. The van der Waals surface area contributed by atoms with Crippen LogP contribution in [-0.2, 0) is 0 Å². The molecule has 0 amide bonds. The van der Waals surface area contributed by atoms with Crippen molar-refractivity contribution in [1.82, 2.24) is 0 Å². The van der Waals surface area contributed by atoms with Crippen LogP contribution in [0.1, 0.15) is 0 Å². The number of benzene rings is 22. The van der Waals surface area contributed by atoms with E-state index in [-0.39, 0.29) is 0 Å². The van der Waals surface area contributed by atoms with E-state index in [0.717, 1.165) is 0 Å². The molecule has 22 aromatic carbocycles. The molecule has 0 spiro atoms. The molecule has 0 bridgehead atoms. The molecule has 0 atom stereocenters. The molecule has 0 nitrogen and oxygen atoms in total. The molecule has 0 aliphatic rings. The van der Waals surface area contributed by atoms with Gasteiger partial charge in [0.15, 0.2) is 0 Å². The Hall–Kier alpha value is -15.6. The molecule has 22 aromatic rings. The standard InChI is InChI=1S/C66H44.C54H36/c1-7-23-45(24-8-1)51-39-41-57(59(43-51)47-27-11-3-12-28-47)63-55-37-21-22-38-56(55)64(58-42-40-52(46-25-9-2-10-26-46)44-60(58)48-29-13-4-14-30-48)66-62(50-33-17-6-18-34-50)54-36-20-19-35-53(54)61(65(63)66)49-31-15-5-16-32-49;1-5-17-37(18-6-1)43-29-31-47(49(33-43)39-21-9-3-10-22-39)53-45-27-15-16-28-46(45)54(52-36-42-26-14-13-25-41(42)35-51(52)53)48-32-30-44(38-19-7-2-8-20-38)34-50(48)40-23-11-4-12-24-40/h1-44H;1-36H. The van der Waals surface area contributed by atoms with Gasteiger partial charge in [-0.15, -0.1) is 0 Å². The van der Waals surface area contributed by atoms with Crippen molar-refractivity contribution in [3.05, 3.63) is 485 Å². The molecule has 0 saturated carbocycles. The Labute approximate surface area is 700 Å². The van der Waals surface area contributed by atoms with Crippen LogP contribution in [-0.4, -0.2) is 0 Å². The predicted molar refractivity (Wildman–Crippen MR) is 514 cm³/mol. The fourth-order valence-electron chi connectivity index (χ4n) is 18.7. The van der Waals surface area contributed by atoms with E-state index >= 15 is 0 Å². The average Bonchev–Trinajstić information content (AvgIpc) is 0.693. The zero-order chi connectivity index (χ0) is 79.7. The van der Waals surface area contributed by atoms with Gasteiger partial charge in [-0.1, -0.05) is 449 Å². The van der Waals surface area contributed by atoms with E-state index in [1.54, 1.807) is 0 Å². The van der Waals surface area contributed by atoms with Crippen LogP contribution in [0.3, 0.4) is 0 Å². The summed E-state index contributed by atoms with van der Waals surface area (Å²) in [5.41, 5.74) is 33.9. The minimum absolute atomic E-state index is 1.18. The summed E-state index contributed by atoms with van der Waals surface area (Å²) < 4.78 is 0. The van der Waals surface area contributed by atoms with Gasteiger partial charge in [0.1, 0.15) is 0 Å². The first-order valence-corrected chi connectivity index (χ1v) is 41.5. The first kappa shape index (κ1) is 72.1. The summed E-state index contributed by atoms with van der Waals surface area (Å²) in [6.07, 6.45) is 0. The van der Waals surface area contributed by atoms with Gasteiger partial charge in [-0.3, -0.25) is 0 Å². The predicted octanol–water partition coefficient (Wildman–Crippen LogP) is 33.6. The van der Waals surface area contributed by atoms with Crippen LogP contribution in [0.5, 0.6) is 0 Å². The van der Waals surface area contributed by atoms with Gasteiger partial charge in [0.25, 0.3) is 0 Å². The lowest BCUT2D eigenvalue weighted by Gasteiger charge is -2.27. The smallest absolute Gasteiger partial charge is 0.000116 e. The van der Waals surface area contributed by atoms with Gasteiger partial charge in [-0.05, 0) is 257 Å². The molecule has 0 saturated heterocycles. The van der Waals surface area contributed by atoms with Crippen LogP contribution in [0.2, 0.25) is 0 Å². The third-order valence-electron chi connectivity index (χ3n) is 24.1. The number of rotatable bonds is 14. The second kappa shape index (κ2) is 31.9. The summed E-state index contributed by atoms with van der Waals surface area (Å²) in [6.45, 7) is 0. The molecule has 0 heteroatoms. The van der Waals surface area contributed by atoms with Gasteiger partial charge < -0.3 is 0 Å². The van der Waals surface area contributed by atoms with E-state index in [1.807, 2.05) is 0 Å². The Morgan fingerprint density at radius 1 is 0.0917 bits per heavy atom. The van der Waals surface area contributed by atoms with E-state index < -0.39 is 0 Å². The van der Waals surface area contributed by atoms with Crippen LogP contribution in [0.25, 0.3) is 220 Å². The largest absolute Gasteiger partial charge is 0.0622 e. The van der Waals surface area contributed by atoms with Gasteiger partial charge in [0, 0.05) is 0 Å². The first-order chi connectivity index (χ1) is 59.6. The Morgan fingerprint density at radius 3 is 0.517 bits per heavy atom. The summed E-state index contributed by atoms with van der Waals surface area (Å²) in [5.74, 6) is 0. The molecule has 0 aromatic heterocycles. The lowest BCUT2D eigenvalue weighted by atomic mass is 9.75. The maximum Gasteiger partial charge on any atom is -0.000116 e. The van der Waals surface area contributed by atoms with Gasteiger partial charge in [-0.25, -0.2) is 0 Å². The molecule has 0 radical (unpaired) electrons. The van der Waals surface area contributed by atoms with Crippen molar-refractivity contribution in [2.45, 2.75) is 0 Å². The normalized spacial score (nSPS) is 11.3. The third-order valence-corrected chi connectivity index (χ3v) is 24.1. The Balaban J connectivity index is 0.000000151. The van der Waals surface area contributed by atoms with Crippen molar-refractivity contribution in [3.8, 4) is 156 Å². The monoisotopic (exact) mass is 1520 g/mol. The SMILES string of the molecule is c1ccc(-c2ccc(-c3c4ccccc4c(-c4ccc(-c5ccccc5)cc4-c4ccccc4)c4c(-c5ccccc5)c5ccccc5c(-c5ccccc5)c34)c(-c3ccccc3)c2)cc1.c1ccc(-c2ccc(-c3c4ccccc4c(-c4ccc(-c5ccccc5)cc4-c4ccccc4)c4cc5ccccc5cc34)c(-c3ccccc3)c2)cc1. The molecule has 0 heterocycles. The van der Waals surface area contributed by atoms with Crippen molar-refractivity contribution in [3.63, 3.8) is 0 Å². The van der Waals surface area contributed by atoms with Crippen molar-refractivity contribution in [2.24, 2.45) is 0 Å². The van der Waals surface area contributed by atoms with E-state index in [9.17, 15) is 0 Å². The van der Waals surface area contributed by atoms with E-state index in [0.29, 0.717) is 0 Å². The Kier molecular flexibility index (Phi) is 19.2. The van der Waals surface area contributed by atoms with E-state index in [4.69, 9.17) is 0 Å². The summed E-state index contributed by atoms with van der Waals surface area (Å²) >= 11 is 0. The highest BCUT2D eigenvalue weighted by Gasteiger charge is 2.30. The van der Waals surface area contributed by atoms with Gasteiger partial charge >= 0.3 is 0 Å². The van der Waals surface area contributed by atoms with Crippen LogP contribution in [0, 0.1) is 0 Å². The van der Waals surface area contributed by atoms with Crippen LogP contribution in [0.15, 0.2) is 485 Å². The zero-order valence-electron chi connectivity index (χ0n) is 66.2. The molecule has 560 valence electrons. The van der Waals surface area contributed by atoms with Crippen molar-refractivity contribution in [2.75, 3.05) is 0 Å². The summed E-state index contributed by atoms with van der Waals surface area (Å²) in [4.78, 5) is 0. The van der Waals surface area contributed by atoms with E-state index in [1.165, 1.54) is 220 Å². The number of fused-ring (bicyclic) bond motifs is 6. The zero-order valence-corrected chi connectivity index (χ0v) is 66.2.